The first kappa shape index (κ1) is 28.1. The van der Waals surface area contributed by atoms with Crippen molar-refractivity contribution in [2.24, 2.45) is 11.8 Å². The van der Waals surface area contributed by atoms with Crippen molar-refractivity contribution in [3.05, 3.63) is 106 Å². The van der Waals surface area contributed by atoms with Gasteiger partial charge >= 0.3 is 5.97 Å². The maximum absolute atomic E-state index is 14.4. The Morgan fingerprint density at radius 1 is 1.02 bits per heavy atom. The van der Waals surface area contributed by atoms with Gasteiger partial charge in [-0.25, -0.2) is 4.79 Å². The highest BCUT2D eigenvalue weighted by molar-refractivity contribution is 6.32. The molecule has 0 radical (unpaired) electrons. The van der Waals surface area contributed by atoms with Crippen LogP contribution >= 0.6 is 23.2 Å². The molecule has 10 heteroatoms. The van der Waals surface area contributed by atoms with E-state index < -0.39 is 23.3 Å². The Bertz CT molecular complexity index is 1670. The Kier molecular flexibility index (Phi) is 7.37. The van der Waals surface area contributed by atoms with Crippen molar-refractivity contribution in [3.8, 4) is 11.5 Å². The Hall–Kier alpha value is -4.01. The van der Waals surface area contributed by atoms with Crippen LogP contribution in [0.25, 0.3) is 0 Å². The number of methoxy groups -OCH3 is 1. The van der Waals surface area contributed by atoms with Crippen LogP contribution in [0.3, 0.4) is 0 Å². The quantitative estimate of drug-likeness (QED) is 0.319. The molecule has 1 saturated heterocycles. The lowest BCUT2D eigenvalue weighted by atomic mass is 9.56. The van der Waals surface area contributed by atoms with Gasteiger partial charge in [0, 0.05) is 27.7 Å². The van der Waals surface area contributed by atoms with Crippen molar-refractivity contribution >= 4 is 60.0 Å². The summed E-state index contributed by atoms with van der Waals surface area (Å²) in [5.41, 5.74) is 2.18. The number of anilines is 1. The molecule has 212 valence electrons. The summed E-state index contributed by atoms with van der Waals surface area (Å²) >= 11 is 12.8. The van der Waals surface area contributed by atoms with Crippen LogP contribution < -0.4 is 20.8 Å². The molecule has 1 spiro atoms. The summed E-state index contributed by atoms with van der Waals surface area (Å²) in [7, 11) is 3.27. The second-order valence-electron chi connectivity index (χ2n) is 10.8. The molecule has 7 nitrogen and oxygen atoms in total. The van der Waals surface area contributed by atoms with E-state index in [1.807, 2.05) is 50.3 Å². The van der Waals surface area contributed by atoms with Crippen molar-refractivity contribution in [1.29, 1.82) is 0 Å². The fraction of sp³-hybridized carbons (Fsp3) is 0.219. The zero-order valence-corrected chi connectivity index (χ0v) is 24.5. The number of hydrogen-bond acceptors (Lipinski definition) is 5. The van der Waals surface area contributed by atoms with E-state index in [4.69, 9.17) is 32.7 Å². The molecular formula is C32H27BCl2N2O5. The maximum atomic E-state index is 14.4. The number of fused-ring (bicyclic) bond motifs is 2. The topological polar surface area (TPSA) is 93.7 Å². The van der Waals surface area contributed by atoms with Crippen LogP contribution in [0.2, 0.25) is 5.02 Å². The molecule has 3 aliphatic rings. The van der Waals surface area contributed by atoms with Gasteiger partial charge in [0.05, 0.1) is 18.7 Å². The minimum absolute atomic E-state index is 0.141. The molecule has 42 heavy (non-hydrogen) atoms. The molecule has 1 unspecified atom stereocenters. The van der Waals surface area contributed by atoms with Crippen molar-refractivity contribution in [2.45, 2.75) is 24.3 Å². The number of hydrogen-bond donors (Lipinski definition) is 2. The molecule has 1 aliphatic carbocycles. The van der Waals surface area contributed by atoms with E-state index >= 15 is 0 Å². The number of carbonyl (C=O) groups excluding carboxylic acids is 3. The van der Waals surface area contributed by atoms with E-state index in [0.29, 0.717) is 44.8 Å². The van der Waals surface area contributed by atoms with E-state index in [1.165, 1.54) is 7.11 Å². The summed E-state index contributed by atoms with van der Waals surface area (Å²) < 4.78 is 11.2. The van der Waals surface area contributed by atoms with Gasteiger partial charge in [0.15, 0.2) is 0 Å². The molecule has 2 aliphatic heterocycles. The van der Waals surface area contributed by atoms with Crippen LogP contribution in [0.5, 0.6) is 11.5 Å². The number of amides is 2. The summed E-state index contributed by atoms with van der Waals surface area (Å²) in [4.78, 5) is 39.7. The van der Waals surface area contributed by atoms with E-state index in [-0.39, 0.29) is 24.2 Å². The molecule has 3 aromatic carbocycles. The van der Waals surface area contributed by atoms with Crippen molar-refractivity contribution in [3.63, 3.8) is 0 Å². The lowest BCUT2D eigenvalue weighted by Crippen LogP contribution is -2.59. The minimum atomic E-state index is -1.18. The van der Waals surface area contributed by atoms with E-state index in [1.54, 1.807) is 36.4 Å². The second kappa shape index (κ2) is 11.0. The van der Waals surface area contributed by atoms with Gasteiger partial charge in [0.2, 0.25) is 11.8 Å². The maximum Gasteiger partial charge on any atom is 0.337 e. The number of allylic oxidation sites excluding steroid dienone is 4. The highest BCUT2D eigenvalue weighted by atomic mass is 35.5. The largest absolute Gasteiger partial charge is 0.465 e. The molecule has 4 atom stereocenters. The number of esters is 1. The van der Waals surface area contributed by atoms with E-state index in [0.717, 1.165) is 11.0 Å². The molecule has 2 N–H and O–H groups in total. The summed E-state index contributed by atoms with van der Waals surface area (Å²) in [5, 5.41) is 7.41. The van der Waals surface area contributed by atoms with Crippen molar-refractivity contribution in [2.75, 3.05) is 12.4 Å². The van der Waals surface area contributed by atoms with Gasteiger partial charge in [-0.15, -0.1) is 0 Å². The number of benzene rings is 3. The van der Waals surface area contributed by atoms with Crippen LogP contribution in [0.4, 0.5) is 5.69 Å². The Morgan fingerprint density at radius 3 is 2.55 bits per heavy atom. The Labute approximate surface area is 254 Å². The molecule has 6 rings (SSSR count). The van der Waals surface area contributed by atoms with Crippen LogP contribution in [0, 0.1) is 11.8 Å². The van der Waals surface area contributed by atoms with Crippen LogP contribution in [-0.2, 0) is 19.7 Å². The lowest BCUT2D eigenvalue weighted by molar-refractivity contribution is -0.135. The third-order valence-corrected chi connectivity index (χ3v) is 8.88. The van der Waals surface area contributed by atoms with Gasteiger partial charge in [-0.2, -0.15) is 0 Å². The number of carbonyl (C=O) groups is 3. The first-order chi connectivity index (χ1) is 20.2. The van der Waals surface area contributed by atoms with Crippen LogP contribution in [0.1, 0.15) is 40.4 Å². The second-order valence-corrected chi connectivity index (χ2v) is 11.8. The van der Waals surface area contributed by atoms with Crippen molar-refractivity contribution in [1.82, 2.24) is 5.32 Å². The number of piperidine rings is 1. The fourth-order valence-electron chi connectivity index (χ4n) is 6.53. The Morgan fingerprint density at radius 2 is 1.81 bits per heavy atom. The van der Waals surface area contributed by atoms with Gasteiger partial charge in [0.25, 0.3) is 0 Å². The zero-order valence-electron chi connectivity index (χ0n) is 22.9. The highest BCUT2D eigenvalue weighted by Gasteiger charge is 2.62. The predicted octanol–water partition coefficient (Wildman–Crippen LogP) is 4.94. The first-order valence-corrected chi connectivity index (χ1v) is 14.4. The standard InChI is InChI=1S/C32H27BCl2N2O5/c1-41-30(39)17-5-9-22(10-6-17)42-27-12-7-19(33)14-23(27)29-32(24-11-8-21(35)15-26(24)36-31(32)40)25(16-28(38)37-29)18-3-2-4-20(34)13-18/h2-12,14-15,18,25,29H,13,16,33H2,1H3,(H,36,40)(H,37,38)/t18-,25?,29-,32+/m1/s1. The van der Waals surface area contributed by atoms with E-state index in [9.17, 15) is 14.4 Å². The normalized spacial score (nSPS) is 24.5. The first-order valence-electron chi connectivity index (χ1n) is 13.6. The third-order valence-electron chi connectivity index (χ3n) is 8.36. The molecular weight excluding hydrogens is 574 g/mol. The van der Waals surface area contributed by atoms with Gasteiger partial charge in [-0.1, -0.05) is 59.0 Å². The molecule has 0 bridgehead atoms. The number of nitrogens with one attached hydrogen (secondary N) is 2. The summed E-state index contributed by atoms with van der Waals surface area (Å²) in [6.45, 7) is 0. The van der Waals surface area contributed by atoms with Crippen LogP contribution in [0.15, 0.2) is 83.9 Å². The molecule has 3 aromatic rings. The van der Waals surface area contributed by atoms with Crippen molar-refractivity contribution < 1.29 is 23.9 Å². The summed E-state index contributed by atoms with van der Waals surface area (Å²) in [6.07, 6.45) is 6.42. The number of rotatable bonds is 5. The van der Waals surface area contributed by atoms with Crippen LogP contribution in [-0.4, -0.2) is 32.7 Å². The average Bonchev–Trinajstić information content (AvgIpc) is 3.25. The Balaban J connectivity index is 1.51. The summed E-state index contributed by atoms with van der Waals surface area (Å²) in [6, 6.07) is 16.9. The lowest BCUT2D eigenvalue weighted by Gasteiger charge is -2.49. The number of ether oxygens (including phenoxy) is 2. The fourth-order valence-corrected chi connectivity index (χ4v) is 6.96. The van der Waals surface area contributed by atoms with Gasteiger partial charge in [0.1, 0.15) is 24.8 Å². The third kappa shape index (κ3) is 4.78. The van der Waals surface area contributed by atoms with E-state index in [2.05, 4.69) is 10.6 Å². The highest BCUT2D eigenvalue weighted by Crippen LogP contribution is 2.58. The predicted molar refractivity (Wildman–Crippen MR) is 164 cm³/mol. The van der Waals surface area contributed by atoms with Gasteiger partial charge in [-0.05, 0) is 72.4 Å². The van der Waals surface area contributed by atoms with Gasteiger partial charge < -0.3 is 20.1 Å². The SMILES string of the molecule is Bc1ccc(Oc2ccc(C(=O)OC)cc2)c([C@H]2NC(=O)CC([C@@H]3C=CC=C(Cl)C3)[C@]23C(=O)Nc2cc(Cl)ccc23)c1. The zero-order chi connectivity index (χ0) is 29.6. The molecule has 0 saturated carbocycles. The monoisotopic (exact) mass is 600 g/mol. The number of halogens is 2. The smallest absolute Gasteiger partial charge is 0.337 e. The summed E-state index contributed by atoms with van der Waals surface area (Å²) in [5.74, 6) is -0.454. The average molecular weight is 601 g/mol. The molecule has 0 aromatic heterocycles. The molecule has 1 fully saturated rings. The minimum Gasteiger partial charge on any atom is -0.465 e. The molecule has 2 amide bonds. The van der Waals surface area contributed by atoms with Gasteiger partial charge in [-0.3, -0.25) is 9.59 Å². The molecule has 2 heterocycles.